The van der Waals surface area contributed by atoms with Crippen LogP contribution in [0.25, 0.3) is 11.3 Å². The van der Waals surface area contributed by atoms with Gasteiger partial charge in [0, 0.05) is 11.5 Å². The minimum Gasteiger partial charge on any atom is -0.388 e. The van der Waals surface area contributed by atoms with Crippen LogP contribution in [0.3, 0.4) is 0 Å². The van der Waals surface area contributed by atoms with E-state index in [4.69, 9.17) is 0 Å². The zero-order chi connectivity index (χ0) is 15.4. The summed E-state index contributed by atoms with van der Waals surface area (Å²) in [4.78, 5) is 4.34. The molecule has 0 saturated carbocycles. The Labute approximate surface area is 135 Å². The minimum atomic E-state index is -0.425. The van der Waals surface area contributed by atoms with Gasteiger partial charge in [-0.05, 0) is 29.5 Å². The Kier molecular flexibility index (Phi) is 2.73. The summed E-state index contributed by atoms with van der Waals surface area (Å²) in [5.74, 6) is 0.182. The van der Waals surface area contributed by atoms with Crippen molar-refractivity contribution in [2.45, 2.75) is 25.0 Å². The van der Waals surface area contributed by atoms with Gasteiger partial charge in [0.1, 0.15) is 0 Å². The Hall–Kier alpha value is -2.39. The van der Waals surface area contributed by atoms with Crippen molar-refractivity contribution in [2.75, 3.05) is 0 Å². The van der Waals surface area contributed by atoms with Crippen molar-refractivity contribution >= 4 is 0 Å². The number of hydrogen-bond donors (Lipinski definition) is 1. The lowest BCUT2D eigenvalue weighted by Gasteiger charge is -2.35. The monoisotopic (exact) mass is 302 g/mol. The average molecular weight is 302 g/mol. The summed E-state index contributed by atoms with van der Waals surface area (Å²) < 4.78 is 2.24. The first-order valence-corrected chi connectivity index (χ1v) is 8.21. The summed E-state index contributed by atoms with van der Waals surface area (Å²) in [6.07, 6.45) is 5.44. The number of imidazole rings is 1. The number of fused-ring (bicyclic) bond motifs is 4. The summed E-state index contributed by atoms with van der Waals surface area (Å²) >= 11 is 0. The molecule has 0 unspecified atom stereocenters. The van der Waals surface area contributed by atoms with Crippen molar-refractivity contribution in [2.24, 2.45) is 5.92 Å². The van der Waals surface area contributed by atoms with Crippen LogP contribution < -0.4 is 0 Å². The lowest BCUT2D eigenvalue weighted by Crippen LogP contribution is -2.28. The molecule has 3 nitrogen and oxygen atoms in total. The van der Waals surface area contributed by atoms with Gasteiger partial charge in [-0.15, -0.1) is 0 Å². The molecule has 1 N–H and O–H groups in total. The van der Waals surface area contributed by atoms with Gasteiger partial charge in [0.05, 0.1) is 30.4 Å². The maximum absolute atomic E-state index is 11.0. The van der Waals surface area contributed by atoms with Gasteiger partial charge in [0.2, 0.25) is 0 Å². The first-order chi connectivity index (χ1) is 11.3. The quantitative estimate of drug-likeness (QED) is 0.743. The van der Waals surface area contributed by atoms with E-state index >= 15 is 0 Å². The zero-order valence-corrected chi connectivity index (χ0v) is 12.8. The van der Waals surface area contributed by atoms with E-state index in [1.807, 2.05) is 18.6 Å². The summed E-state index contributed by atoms with van der Waals surface area (Å²) in [6, 6.07) is 17.0. The topological polar surface area (TPSA) is 38.1 Å². The number of aliphatic hydroxyl groups excluding tert-OH is 1. The third-order valence-corrected chi connectivity index (χ3v) is 5.45. The number of hydrogen-bond acceptors (Lipinski definition) is 2. The van der Waals surface area contributed by atoms with E-state index in [0.29, 0.717) is 0 Å². The van der Waals surface area contributed by atoms with Gasteiger partial charge in [-0.25, -0.2) is 4.98 Å². The molecule has 1 aliphatic carbocycles. The Morgan fingerprint density at radius 3 is 2.70 bits per heavy atom. The summed E-state index contributed by atoms with van der Waals surface area (Å²) in [5.41, 5.74) is 6.11. The van der Waals surface area contributed by atoms with E-state index in [0.717, 1.165) is 24.1 Å². The minimum absolute atomic E-state index is 0.173. The summed E-state index contributed by atoms with van der Waals surface area (Å²) in [6.45, 7) is 0. The highest BCUT2D eigenvalue weighted by Gasteiger charge is 2.40. The van der Waals surface area contributed by atoms with Crippen LogP contribution in [0, 0.1) is 5.92 Å². The fourth-order valence-electron chi connectivity index (χ4n) is 4.40. The molecular weight excluding hydrogens is 284 g/mol. The third-order valence-electron chi connectivity index (χ3n) is 5.45. The Morgan fingerprint density at radius 2 is 1.78 bits per heavy atom. The normalized spacial score (nSPS) is 24.8. The van der Waals surface area contributed by atoms with Crippen LogP contribution in [0.2, 0.25) is 0 Å². The van der Waals surface area contributed by atoms with Crippen molar-refractivity contribution in [3.8, 4) is 11.3 Å². The number of aliphatic hydroxyl groups is 1. The Balaban J connectivity index is 1.64. The summed E-state index contributed by atoms with van der Waals surface area (Å²) in [5, 5.41) is 11.0. The van der Waals surface area contributed by atoms with Crippen LogP contribution in [-0.2, 0) is 6.42 Å². The molecule has 114 valence electrons. The van der Waals surface area contributed by atoms with Gasteiger partial charge in [-0.3, -0.25) is 0 Å². The second-order valence-electron chi connectivity index (χ2n) is 6.56. The number of aryl methyl sites for hydroxylation is 1. The smallest absolute Gasteiger partial charge is 0.0956 e. The zero-order valence-electron chi connectivity index (χ0n) is 12.8. The fourth-order valence-corrected chi connectivity index (χ4v) is 4.40. The van der Waals surface area contributed by atoms with Gasteiger partial charge < -0.3 is 9.67 Å². The lowest BCUT2D eigenvalue weighted by atomic mass is 9.76. The molecule has 3 heteroatoms. The van der Waals surface area contributed by atoms with Crippen molar-refractivity contribution in [1.29, 1.82) is 0 Å². The van der Waals surface area contributed by atoms with Crippen LogP contribution in [0.1, 0.15) is 35.3 Å². The largest absolute Gasteiger partial charge is 0.388 e. The van der Waals surface area contributed by atoms with Crippen molar-refractivity contribution in [3.63, 3.8) is 0 Å². The second-order valence-corrected chi connectivity index (χ2v) is 6.56. The summed E-state index contributed by atoms with van der Waals surface area (Å²) in [7, 11) is 0. The predicted molar refractivity (Wildman–Crippen MR) is 89.0 cm³/mol. The highest BCUT2D eigenvalue weighted by molar-refractivity contribution is 5.69. The van der Waals surface area contributed by atoms with Gasteiger partial charge in [0.15, 0.2) is 0 Å². The molecule has 1 aliphatic heterocycles. The molecule has 5 rings (SSSR count). The fraction of sp³-hybridized carbons (Fsp3) is 0.250. The van der Waals surface area contributed by atoms with Crippen LogP contribution in [0.4, 0.5) is 0 Å². The molecule has 0 bridgehead atoms. The number of rotatable bonds is 1. The third kappa shape index (κ3) is 1.77. The van der Waals surface area contributed by atoms with E-state index in [1.165, 1.54) is 16.7 Å². The van der Waals surface area contributed by atoms with Crippen molar-refractivity contribution < 1.29 is 5.11 Å². The molecule has 3 aromatic rings. The maximum Gasteiger partial charge on any atom is 0.0956 e. The molecule has 2 heterocycles. The highest BCUT2D eigenvalue weighted by Crippen LogP contribution is 2.49. The van der Waals surface area contributed by atoms with E-state index in [-0.39, 0.29) is 12.0 Å². The number of benzene rings is 2. The average Bonchev–Trinajstić information content (AvgIpc) is 3.17. The van der Waals surface area contributed by atoms with Crippen molar-refractivity contribution in [3.05, 3.63) is 77.7 Å². The molecule has 23 heavy (non-hydrogen) atoms. The van der Waals surface area contributed by atoms with E-state index in [2.05, 4.69) is 52.0 Å². The molecular formula is C20H18N2O. The van der Waals surface area contributed by atoms with E-state index in [1.54, 1.807) is 0 Å². The molecule has 0 spiro atoms. The molecule has 0 radical (unpaired) electrons. The SMILES string of the molecule is O[C@H]1c2ccccc2CC[C@H]1[C@@H]1c2ccccc2-c2cncn21. The maximum atomic E-state index is 11.0. The van der Waals surface area contributed by atoms with E-state index < -0.39 is 6.10 Å². The molecule has 1 aromatic heterocycles. The predicted octanol–water partition coefficient (Wildman–Crippen LogP) is 3.75. The van der Waals surface area contributed by atoms with Crippen LogP contribution in [0.15, 0.2) is 61.1 Å². The first kappa shape index (κ1) is 13.1. The second kappa shape index (κ2) is 4.80. The standard InChI is InChI=1S/C20H18N2O/c23-20-14-6-2-1-5-13(14)9-10-17(20)19-16-8-4-3-7-15(16)18-11-21-12-22(18)19/h1-8,11-12,17,19-20,23H,9-10H2/t17-,19-,20-/m0/s1. The number of aromatic nitrogens is 2. The highest BCUT2D eigenvalue weighted by atomic mass is 16.3. The Bertz CT molecular complexity index is 883. The van der Waals surface area contributed by atoms with Crippen molar-refractivity contribution in [1.82, 2.24) is 9.55 Å². The first-order valence-electron chi connectivity index (χ1n) is 8.21. The van der Waals surface area contributed by atoms with Crippen LogP contribution in [-0.4, -0.2) is 14.7 Å². The van der Waals surface area contributed by atoms with Gasteiger partial charge in [0.25, 0.3) is 0 Å². The lowest BCUT2D eigenvalue weighted by molar-refractivity contribution is 0.0720. The van der Waals surface area contributed by atoms with Crippen LogP contribution >= 0.6 is 0 Å². The molecule has 0 fully saturated rings. The van der Waals surface area contributed by atoms with Gasteiger partial charge >= 0.3 is 0 Å². The van der Waals surface area contributed by atoms with Gasteiger partial charge in [-0.2, -0.15) is 0 Å². The molecule has 2 aromatic carbocycles. The van der Waals surface area contributed by atoms with Crippen LogP contribution in [0.5, 0.6) is 0 Å². The Morgan fingerprint density at radius 1 is 1.00 bits per heavy atom. The van der Waals surface area contributed by atoms with E-state index in [9.17, 15) is 5.11 Å². The molecule has 0 amide bonds. The number of nitrogens with zero attached hydrogens (tertiary/aromatic N) is 2. The molecule has 3 atom stereocenters. The molecule has 0 saturated heterocycles. The molecule has 2 aliphatic rings. The van der Waals surface area contributed by atoms with Gasteiger partial charge in [-0.1, -0.05) is 48.5 Å².